The van der Waals surface area contributed by atoms with Crippen molar-refractivity contribution in [3.05, 3.63) is 0 Å². The molecule has 0 unspecified atom stereocenters. The largest absolute Gasteiger partial charge is 0.394 e. The van der Waals surface area contributed by atoms with Crippen LogP contribution in [0.25, 0.3) is 0 Å². The molecule has 4 heteroatoms. The topological polar surface area (TPSA) is 92.5 Å². The van der Waals surface area contributed by atoms with Crippen LogP contribution in [0.4, 0.5) is 0 Å². The molecule has 0 aromatic rings. The minimum absolute atomic E-state index is 0.167. The Morgan fingerprint density at radius 3 is 1.30 bits per heavy atom. The number of hydrogen-bond acceptors (Lipinski definition) is 4. The lowest BCUT2D eigenvalue weighted by molar-refractivity contribution is 0.191. The standard InChI is InChI=1S/C3H10N2O.C3H8O/c4-1-3(6)2-5;1-3(2)4/h3,6H,1-2,4-5H2;3-4H,1-2H3. The van der Waals surface area contributed by atoms with Crippen molar-refractivity contribution in [2.45, 2.75) is 26.1 Å². The first kappa shape index (κ1) is 12.5. The molecule has 0 aliphatic heterocycles. The Kier molecular flexibility index (Phi) is 11.1. The summed E-state index contributed by atoms with van der Waals surface area (Å²) in [6.07, 6.45) is -0.676. The van der Waals surface area contributed by atoms with Gasteiger partial charge in [0.05, 0.1) is 6.10 Å². The van der Waals surface area contributed by atoms with Crippen LogP contribution in [-0.4, -0.2) is 35.5 Å². The van der Waals surface area contributed by atoms with E-state index in [9.17, 15) is 0 Å². The van der Waals surface area contributed by atoms with Crippen molar-refractivity contribution < 1.29 is 10.2 Å². The molecule has 10 heavy (non-hydrogen) atoms. The summed E-state index contributed by atoms with van der Waals surface area (Å²) in [5.74, 6) is 0. The van der Waals surface area contributed by atoms with Gasteiger partial charge in [0.1, 0.15) is 0 Å². The maximum atomic E-state index is 8.42. The quantitative estimate of drug-likeness (QED) is 0.391. The molecular formula is C6H18N2O2. The van der Waals surface area contributed by atoms with Gasteiger partial charge in [0, 0.05) is 19.2 Å². The number of hydrogen-bond donors (Lipinski definition) is 4. The predicted octanol–water partition coefficient (Wildman–Crippen LogP) is -1.35. The maximum absolute atomic E-state index is 8.42. The Morgan fingerprint density at radius 1 is 1.10 bits per heavy atom. The van der Waals surface area contributed by atoms with Gasteiger partial charge in [-0.25, -0.2) is 0 Å². The van der Waals surface area contributed by atoms with Gasteiger partial charge in [0.15, 0.2) is 0 Å². The summed E-state index contributed by atoms with van der Waals surface area (Å²) in [6.45, 7) is 3.97. The van der Waals surface area contributed by atoms with Crippen LogP contribution in [0.2, 0.25) is 0 Å². The molecule has 0 aromatic carbocycles. The van der Waals surface area contributed by atoms with Gasteiger partial charge < -0.3 is 21.7 Å². The first-order valence-corrected chi connectivity index (χ1v) is 3.30. The molecular weight excluding hydrogens is 132 g/mol. The molecule has 0 saturated carbocycles. The molecule has 0 radical (unpaired) electrons. The molecule has 0 saturated heterocycles. The van der Waals surface area contributed by atoms with Crippen LogP contribution in [0.1, 0.15) is 13.8 Å². The Bertz CT molecular complexity index is 53.0. The van der Waals surface area contributed by atoms with Crippen LogP contribution >= 0.6 is 0 Å². The molecule has 0 fully saturated rings. The average Bonchev–Trinajstić information content (AvgIpc) is 1.85. The van der Waals surface area contributed by atoms with Crippen LogP contribution in [0, 0.1) is 0 Å². The number of aliphatic hydroxyl groups is 2. The second-order valence-electron chi connectivity index (χ2n) is 2.22. The van der Waals surface area contributed by atoms with E-state index in [1.54, 1.807) is 13.8 Å². The number of nitrogens with two attached hydrogens (primary N) is 2. The molecule has 0 heterocycles. The first-order valence-electron chi connectivity index (χ1n) is 3.30. The summed E-state index contributed by atoms with van der Waals surface area (Å²) in [6, 6.07) is 0. The average molecular weight is 150 g/mol. The van der Waals surface area contributed by atoms with Gasteiger partial charge in [-0.15, -0.1) is 0 Å². The van der Waals surface area contributed by atoms with Crippen LogP contribution in [0.3, 0.4) is 0 Å². The first-order chi connectivity index (χ1) is 4.54. The molecule has 0 spiro atoms. The Hall–Kier alpha value is -0.160. The van der Waals surface area contributed by atoms with Crippen molar-refractivity contribution in [1.82, 2.24) is 0 Å². The van der Waals surface area contributed by atoms with E-state index in [0.29, 0.717) is 0 Å². The smallest absolute Gasteiger partial charge is 0.0784 e. The fourth-order valence-electron chi connectivity index (χ4n) is 0.0962. The minimum Gasteiger partial charge on any atom is -0.394 e. The second-order valence-corrected chi connectivity index (χ2v) is 2.22. The SMILES string of the molecule is CC(C)O.NCC(O)CN. The summed E-state index contributed by atoms with van der Waals surface area (Å²) >= 11 is 0. The van der Waals surface area contributed by atoms with Gasteiger partial charge in [-0.3, -0.25) is 0 Å². The maximum Gasteiger partial charge on any atom is 0.0784 e. The fraction of sp³-hybridized carbons (Fsp3) is 1.00. The Morgan fingerprint density at radius 2 is 1.30 bits per heavy atom. The van der Waals surface area contributed by atoms with Crippen molar-refractivity contribution in [3.8, 4) is 0 Å². The van der Waals surface area contributed by atoms with Crippen molar-refractivity contribution in [3.63, 3.8) is 0 Å². The third-order valence-corrected chi connectivity index (χ3v) is 0.544. The molecule has 6 N–H and O–H groups in total. The molecule has 64 valence electrons. The van der Waals surface area contributed by atoms with Crippen molar-refractivity contribution in [1.29, 1.82) is 0 Å². The molecule has 0 aromatic heterocycles. The molecule has 0 amide bonds. The predicted molar refractivity (Wildman–Crippen MR) is 41.5 cm³/mol. The zero-order valence-electron chi connectivity index (χ0n) is 6.62. The molecule has 0 rings (SSSR count). The lowest BCUT2D eigenvalue weighted by Gasteiger charge is -1.98. The number of rotatable bonds is 2. The summed E-state index contributed by atoms with van der Waals surface area (Å²) in [5, 5.41) is 16.5. The Labute approximate surface area is 61.8 Å². The van der Waals surface area contributed by atoms with Crippen molar-refractivity contribution in [2.24, 2.45) is 11.5 Å². The van der Waals surface area contributed by atoms with Gasteiger partial charge in [0.2, 0.25) is 0 Å². The summed E-state index contributed by atoms with van der Waals surface area (Å²) < 4.78 is 0. The normalized spacial score (nSPS) is 9.60. The highest BCUT2D eigenvalue weighted by Crippen LogP contribution is 1.66. The summed E-state index contributed by atoms with van der Waals surface area (Å²) in [5.41, 5.74) is 9.91. The van der Waals surface area contributed by atoms with Crippen LogP contribution in [0.5, 0.6) is 0 Å². The molecule has 0 bridgehead atoms. The third-order valence-electron chi connectivity index (χ3n) is 0.544. The molecule has 4 nitrogen and oxygen atoms in total. The van der Waals surface area contributed by atoms with Crippen molar-refractivity contribution >= 4 is 0 Å². The van der Waals surface area contributed by atoms with E-state index in [-0.39, 0.29) is 19.2 Å². The van der Waals surface area contributed by atoms with Crippen LogP contribution in [0.15, 0.2) is 0 Å². The molecule has 0 aliphatic carbocycles. The molecule has 0 aliphatic rings. The van der Waals surface area contributed by atoms with Crippen molar-refractivity contribution in [2.75, 3.05) is 13.1 Å². The van der Waals surface area contributed by atoms with E-state index in [1.807, 2.05) is 0 Å². The zero-order valence-corrected chi connectivity index (χ0v) is 6.62. The van der Waals surface area contributed by atoms with Gasteiger partial charge in [0.25, 0.3) is 0 Å². The zero-order chi connectivity index (χ0) is 8.57. The monoisotopic (exact) mass is 150 g/mol. The van der Waals surface area contributed by atoms with E-state index < -0.39 is 6.10 Å². The second kappa shape index (κ2) is 8.84. The highest BCUT2D eigenvalue weighted by Gasteiger charge is 1.91. The van der Waals surface area contributed by atoms with E-state index in [2.05, 4.69) is 0 Å². The number of aliphatic hydroxyl groups excluding tert-OH is 2. The third kappa shape index (κ3) is 24.9. The molecule has 0 atom stereocenters. The highest BCUT2D eigenvalue weighted by molar-refractivity contribution is 4.52. The lowest BCUT2D eigenvalue weighted by atomic mass is 10.4. The van der Waals surface area contributed by atoms with Crippen LogP contribution in [-0.2, 0) is 0 Å². The van der Waals surface area contributed by atoms with Gasteiger partial charge in [-0.05, 0) is 13.8 Å². The fourth-order valence-corrected chi connectivity index (χ4v) is 0.0962. The van der Waals surface area contributed by atoms with Crippen LogP contribution < -0.4 is 11.5 Å². The summed E-state index contributed by atoms with van der Waals surface area (Å²) in [4.78, 5) is 0. The van der Waals surface area contributed by atoms with Gasteiger partial charge in [-0.1, -0.05) is 0 Å². The highest BCUT2D eigenvalue weighted by atomic mass is 16.3. The van der Waals surface area contributed by atoms with E-state index >= 15 is 0 Å². The Balaban J connectivity index is 0. The minimum atomic E-state index is -0.509. The van der Waals surface area contributed by atoms with E-state index in [1.165, 1.54) is 0 Å². The summed E-state index contributed by atoms with van der Waals surface area (Å²) in [7, 11) is 0. The van der Waals surface area contributed by atoms with Gasteiger partial charge >= 0.3 is 0 Å². The van der Waals surface area contributed by atoms with E-state index in [0.717, 1.165) is 0 Å². The van der Waals surface area contributed by atoms with E-state index in [4.69, 9.17) is 21.7 Å². The lowest BCUT2D eigenvalue weighted by Crippen LogP contribution is -2.27. The van der Waals surface area contributed by atoms with Gasteiger partial charge in [-0.2, -0.15) is 0 Å².